The minimum Gasteiger partial charge on any atom is -0.347 e. The molecule has 37 heavy (non-hydrogen) atoms. The third-order valence-corrected chi connectivity index (χ3v) is 6.45. The Morgan fingerprint density at radius 2 is 1.65 bits per heavy atom. The van der Waals surface area contributed by atoms with Crippen LogP contribution >= 0.6 is 35.0 Å². The first kappa shape index (κ1) is 31.0. The van der Waals surface area contributed by atoms with Gasteiger partial charge in [-0.25, -0.2) is 4.39 Å². The van der Waals surface area contributed by atoms with Crippen LogP contribution in [0.25, 0.3) is 6.08 Å². The summed E-state index contributed by atoms with van der Waals surface area (Å²) < 4.78 is 91.7. The van der Waals surface area contributed by atoms with Crippen LogP contribution in [0.3, 0.4) is 0 Å². The van der Waals surface area contributed by atoms with Crippen molar-refractivity contribution in [2.24, 2.45) is 5.92 Å². The molecule has 0 aromatic heterocycles. The summed E-state index contributed by atoms with van der Waals surface area (Å²) in [6.45, 7) is -0.207. The number of hydrogen-bond donors (Lipinski definition) is 1. The number of thioether (sulfide) groups is 1. The highest BCUT2D eigenvalue weighted by atomic mass is 35.5. The van der Waals surface area contributed by atoms with E-state index < -0.39 is 58.3 Å². The first-order valence-corrected chi connectivity index (χ1v) is 12.5. The Bertz CT molecular complexity index is 1160. The SMILES string of the molecule is CSc1cc(/C=C/C(c2cc(Cl)c(F)c(Cl)c2)C(F)(F)F)ccc1C(=O)CC(C)C(=O)NCC(F)(F)F. The van der Waals surface area contributed by atoms with E-state index >= 15 is 0 Å². The molecule has 1 N–H and O–H groups in total. The van der Waals surface area contributed by atoms with Gasteiger partial charge in [-0.15, -0.1) is 11.8 Å². The zero-order chi connectivity index (χ0) is 28.1. The van der Waals surface area contributed by atoms with Crippen molar-refractivity contribution in [3.8, 4) is 0 Å². The molecule has 0 aliphatic rings. The van der Waals surface area contributed by atoms with E-state index in [0.29, 0.717) is 10.5 Å². The maximum absolute atomic E-state index is 13.7. The Balaban J connectivity index is 2.25. The maximum Gasteiger partial charge on any atom is 0.405 e. The lowest BCUT2D eigenvalue weighted by Gasteiger charge is -2.18. The van der Waals surface area contributed by atoms with Crippen LogP contribution < -0.4 is 5.32 Å². The van der Waals surface area contributed by atoms with Gasteiger partial charge in [0.15, 0.2) is 11.6 Å². The van der Waals surface area contributed by atoms with Gasteiger partial charge >= 0.3 is 12.4 Å². The lowest BCUT2D eigenvalue weighted by molar-refractivity contribution is -0.140. The molecule has 1 amide bonds. The lowest BCUT2D eigenvalue weighted by Crippen LogP contribution is -2.37. The predicted molar refractivity (Wildman–Crippen MR) is 130 cm³/mol. The van der Waals surface area contributed by atoms with Gasteiger partial charge < -0.3 is 5.32 Å². The summed E-state index contributed by atoms with van der Waals surface area (Å²) in [6, 6.07) is 5.89. The molecule has 0 fully saturated rings. The van der Waals surface area contributed by atoms with Crippen LogP contribution in [0.5, 0.6) is 0 Å². The largest absolute Gasteiger partial charge is 0.405 e. The molecule has 3 nitrogen and oxygen atoms in total. The number of benzene rings is 2. The van der Waals surface area contributed by atoms with Gasteiger partial charge in [0.1, 0.15) is 6.54 Å². The van der Waals surface area contributed by atoms with Crippen LogP contribution in [-0.4, -0.2) is 36.8 Å². The van der Waals surface area contributed by atoms with E-state index in [1.807, 2.05) is 0 Å². The van der Waals surface area contributed by atoms with Gasteiger partial charge in [-0.1, -0.05) is 48.3 Å². The molecule has 2 rings (SSSR count). The molecule has 0 spiro atoms. The quantitative estimate of drug-likeness (QED) is 0.139. The van der Waals surface area contributed by atoms with Crippen molar-refractivity contribution in [3.05, 3.63) is 69.0 Å². The molecular formula is C24H20Cl2F7NO2S. The molecule has 0 aliphatic heterocycles. The predicted octanol–water partition coefficient (Wildman–Crippen LogP) is 8.10. The summed E-state index contributed by atoms with van der Waals surface area (Å²) in [5, 5.41) is 0.607. The summed E-state index contributed by atoms with van der Waals surface area (Å²) in [5.74, 6) is -5.67. The summed E-state index contributed by atoms with van der Waals surface area (Å²) in [7, 11) is 0. The molecule has 0 aliphatic carbocycles. The highest BCUT2D eigenvalue weighted by Crippen LogP contribution is 2.39. The van der Waals surface area contributed by atoms with E-state index in [1.54, 1.807) is 11.6 Å². The maximum atomic E-state index is 13.7. The van der Waals surface area contributed by atoms with E-state index in [4.69, 9.17) is 23.2 Å². The molecule has 202 valence electrons. The van der Waals surface area contributed by atoms with E-state index in [9.17, 15) is 40.3 Å². The fraction of sp³-hybridized carbons (Fsp3) is 0.333. The highest BCUT2D eigenvalue weighted by Gasteiger charge is 2.39. The van der Waals surface area contributed by atoms with Crippen LogP contribution in [0.4, 0.5) is 30.7 Å². The Hall–Kier alpha value is -2.24. The number of hydrogen-bond acceptors (Lipinski definition) is 3. The number of allylic oxidation sites excluding steroid dienone is 1. The van der Waals surface area contributed by atoms with Crippen molar-refractivity contribution < 1.29 is 40.3 Å². The molecule has 2 unspecified atom stereocenters. The second-order valence-corrected chi connectivity index (χ2v) is 9.66. The van der Waals surface area contributed by atoms with E-state index in [1.165, 1.54) is 31.2 Å². The van der Waals surface area contributed by atoms with Crippen LogP contribution in [0.2, 0.25) is 10.0 Å². The standard InChI is InChI=1S/C24H20Cl2F7NO2S/c1-12(22(36)34-11-23(28,29)30)7-19(35)15-5-3-13(8-20(15)37-2)4-6-16(24(31,32)33)14-9-17(25)21(27)18(26)10-14/h3-6,8-10,12,16H,7,11H2,1-2H3,(H,34,36)/b6-4+. The molecule has 0 bridgehead atoms. The average Bonchev–Trinajstić information content (AvgIpc) is 2.79. The number of ketones is 1. The number of nitrogens with one attached hydrogen (secondary N) is 1. The summed E-state index contributed by atoms with van der Waals surface area (Å²) >= 11 is 12.4. The summed E-state index contributed by atoms with van der Waals surface area (Å²) in [5.41, 5.74) is 0.116. The van der Waals surface area contributed by atoms with Crippen molar-refractivity contribution in [2.45, 2.75) is 36.5 Å². The van der Waals surface area contributed by atoms with E-state index in [2.05, 4.69) is 0 Å². The van der Waals surface area contributed by atoms with Crippen LogP contribution in [0.1, 0.15) is 40.7 Å². The fourth-order valence-corrected chi connectivity index (χ4v) is 4.42. The van der Waals surface area contributed by atoms with Gasteiger partial charge in [0.25, 0.3) is 0 Å². The molecule has 0 heterocycles. The van der Waals surface area contributed by atoms with Crippen molar-refractivity contribution in [1.82, 2.24) is 5.32 Å². The van der Waals surface area contributed by atoms with Crippen molar-refractivity contribution >= 4 is 52.7 Å². The Kier molecular flexibility index (Phi) is 10.5. The number of carbonyl (C=O) groups excluding carboxylic acids is 2. The Morgan fingerprint density at radius 3 is 2.16 bits per heavy atom. The van der Waals surface area contributed by atoms with Crippen LogP contribution in [0.15, 0.2) is 41.3 Å². The number of amides is 1. The van der Waals surface area contributed by atoms with Crippen LogP contribution in [-0.2, 0) is 4.79 Å². The third-order valence-electron chi connectivity index (χ3n) is 5.13. The zero-order valence-corrected chi connectivity index (χ0v) is 21.6. The second kappa shape index (κ2) is 12.5. The number of rotatable bonds is 9. The number of alkyl halides is 6. The van der Waals surface area contributed by atoms with Gasteiger partial charge in [-0.2, -0.15) is 26.3 Å². The number of halogens is 9. The third kappa shape index (κ3) is 8.93. The summed E-state index contributed by atoms with van der Waals surface area (Å²) in [4.78, 5) is 24.9. The first-order valence-electron chi connectivity index (χ1n) is 10.5. The Labute approximate surface area is 222 Å². The minimum absolute atomic E-state index is 0.171. The topological polar surface area (TPSA) is 46.2 Å². The van der Waals surface area contributed by atoms with Gasteiger partial charge in [-0.05, 0) is 41.6 Å². The minimum atomic E-state index is -4.75. The molecule has 0 saturated heterocycles. The molecule has 13 heteroatoms. The normalized spacial score (nSPS) is 14.0. The lowest BCUT2D eigenvalue weighted by atomic mass is 9.96. The smallest absolute Gasteiger partial charge is 0.347 e. The average molecular weight is 590 g/mol. The van der Waals surface area contributed by atoms with Gasteiger partial charge in [0, 0.05) is 22.8 Å². The summed E-state index contributed by atoms with van der Waals surface area (Å²) in [6.07, 6.45) is -6.07. The van der Waals surface area contributed by atoms with E-state index in [-0.39, 0.29) is 17.5 Å². The Morgan fingerprint density at radius 1 is 1.05 bits per heavy atom. The number of Topliss-reactive ketones (excluding diaryl/α,β-unsaturated/α-hetero) is 1. The van der Waals surface area contributed by atoms with Crippen LogP contribution in [0, 0.1) is 11.7 Å². The van der Waals surface area contributed by atoms with Gasteiger partial charge in [0.05, 0.1) is 16.0 Å². The van der Waals surface area contributed by atoms with Gasteiger partial charge in [-0.3, -0.25) is 9.59 Å². The molecule has 2 atom stereocenters. The molecule has 2 aromatic rings. The van der Waals surface area contributed by atoms with Crippen molar-refractivity contribution in [1.29, 1.82) is 0 Å². The zero-order valence-electron chi connectivity index (χ0n) is 19.2. The van der Waals surface area contributed by atoms with E-state index in [0.717, 1.165) is 30.0 Å². The van der Waals surface area contributed by atoms with Crippen molar-refractivity contribution in [3.63, 3.8) is 0 Å². The molecular weight excluding hydrogens is 570 g/mol. The first-order chi connectivity index (χ1) is 17.0. The molecule has 2 aromatic carbocycles. The van der Waals surface area contributed by atoms with Crippen molar-refractivity contribution in [2.75, 3.05) is 12.8 Å². The highest BCUT2D eigenvalue weighted by molar-refractivity contribution is 7.98. The number of carbonyl (C=O) groups is 2. The fourth-order valence-electron chi connectivity index (χ4n) is 3.26. The molecule has 0 saturated carbocycles. The second-order valence-electron chi connectivity index (χ2n) is 8.00. The monoisotopic (exact) mass is 589 g/mol. The molecule has 0 radical (unpaired) electrons. The van der Waals surface area contributed by atoms with Gasteiger partial charge in [0.2, 0.25) is 5.91 Å².